The third-order valence-corrected chi connectivity index (χ3v) is 4.92. The summed E-state index contributed by atoms with van der Waals surface area (Å²) in [6.45, 7) is 6.63. The summed E-state index contributed by atoms with van der Waals surface area (Å²) in [5, 5.41) is 12.7. The van der Waals surface area contributed by atoms with E-state index in [4.69, 9.17) is 0 Å². The second-order valence-electron chi connectivity index (χ2n) is 6.12. The Morgan fingerprint density at radius 3 is 2.47 bits per heavy atom. The lowest BCUT2D eigenvalue weighted by atomic mass is 9.64. The molecule has 1 heterocycles. The Kier molecular flexibility index (Phi) is 3.27. The Bertz CT molecular complexity index is 429. The zero-order valence-electron chi connectivity index (χ0n) is 10.9. The summed E-state index contributed by atoms with van der Waals surface area (Å²) in [5.74, 6) is 0. The molecule has 2 rings (SSSR count). The van der Waals surface area contributed by atoms with Gasteiger partial charge in [-0.2, -0.15) is 5.26 Å². The summed E-state index contributed by atoms with van der Waals surface area (Å²) in [5.41, 5.74) is 1.34. The predicted molar refractivity (Wildman–Crippen MR) is 70.9 cm³/mol. The van der Waals surface area contributed by atoms with Crippen LogP contribution in [0.1, 0.15) is 50.2 Å². The molecule has 1 aromatic heterocycles. The fourth-order valence-electron chi connectivity index (χ4n) is 2.51. The molecule has 1 aromatic rings. The number of nitrogens with zero attached hydrogens (tertiary/aromatic N) is 2. The summed E-state index contributed by atoms with van der Waals surface area (Å²) >= 11 is 1.69. The Hall–Kier alpha value is -0.880. The van der Waals surface area contributed by atoms with Gasteiger partial charge in [0.05, 0.1) is 16.5 Å². The van der Waals surface area contributed by atoms with Crippen LogP contribution in [-0.2, 0) is 6.42 Å². The van der Waals surface area contributed by atoms with Crippen molar-refractivity contribution in [1.29, 1.82) is 5.26 Å². The SMILES string of the molecule is Cc1csc(CC2(C#N)CCC(C)(C)CC2)n1. The van der Waals surface area contributed by atoms with Crippen LogP contribution in [0.15, 0.2) is 5.38 Å². The molecular weight excluding hydrogens is 228 g/mol. The van der Waals surface area contributed by atoms with E-state index in [1.165, 1.54) is 0 Å². The van der Waals surface area contributed by atoms with Crippen LogP contribution in [0.2, 0.25) is 0 Å². The minimum Gasteiger partial charge on any atom is -0.247 e. The van der Waals surface area contributed by atoms with Gasteiger partial charge in [0.25, 0.3) is 0 Å². The van der Waals surface area contributed by atoms with E-state index in [9.17, 15) is 5.26 Å². The van der Waals surface area contributed by atoms with Crippen molar-refractivity contribution < 1.29 is 0 Å². The van der Waals surface area contributed by atoms with Crippen LogP contribution in [-0.4, -0.2) is 4.98 Å². The van der Waals surface area contributed by atoms with Gasteiger partial charge in [-0.15, -0.1) is 11.3 Å². The van der Waals surface area contributed by atoms with Crippen molar-refractivity contribution in [2.75, 3.05) is 0 Å². The second kappa shape index (κ2) is 4.42. The van der Waals surface area contributed by atoms with Gasteiger partial charge in [0, 0.05) is 17.5 Å². The number of nitriles is 1. The monoisotopic (exact) mass is 248 g/mol. The average molecular weight is 248 g/mol. The van der Waals surface area contributed by atoms with Crippen LogP contribution in [0.5, 0.6) is 0 Å². The maximum absolute atomic E-state index is 9.51. The molecule has 1 aliphatic carbocycles. The van der Waals surface area contributed by atoms with E-state index in [1.807, 2.05) is 6.92 Å². The molecule has 0 spiro atoms. The summed E-state index contributed by atoms with van der Waals surface area (Å²) in [6, 6.07) is 2.58. The number of aryl methyl sites for hydroxylation is 1. The lowest BCUT2D eigenvalue weighted by Crippen LogP contribution is -2.31. The highest BCUT2D eigenvalue weighted by atomic mass is 32.1. The maximum Gasteiger partial charge on any atom is 0.0944 e. The highest BCUT2D eigenvalue weighted by Crippen LogP contribution is 2.46. The Morgan fingerprint density at radius 1 is 1.35 bits per heavy atom. The lowest BCUT2D eigenvalue weighted by Gasteiger charge is -2.39. The largest absolute Gasteiger partial charge is 0.247 e. The summed E-state index contributed by atoms with van der Waals surface area (Å²) in [7, 11) is 0. The zero-order chi connectivity index (χ0) is 12.5. The molecule has 0 saturated heterocycles. The van der Waals surface area contributed by atoms with Crippen LogP contribution < -0.4 is 0 Å². The summed E-state index contributed by atoms with van der Waals surface area (Å²) in [4.78, 5) is 4.50. The highest BCUT2D eigenvalue weighted by molar-refractivity contribution is 7.09. The standard InChI is InChI=1S/C14H20N2S/c1-11-9-17-12(16-11)8-14(10-15)6-4-13(2,3)5-7-14/h9H,4-8H2,1-3H3. The van der Waals surface area contributed by atoms with Gasteiger partial charge in [-0.05, 0) is 38.0 Å². The van der Waals surface area contributed by atoms with Gasteiger partial charge in [0.15, 0.2) is 0 Å². The zero-order valence-corrected chi connectivity index (χ0v) is 11.7. The molecule has 1 fully saturated rings. The molecule has 92 valence electrons. The van der Waals surface area contributed by atoms with Crippen molar-refractivity contribution in [3.63, 3.8) is 0 Å². The van der Waals surface area contributed by atoms with Crippen molar-refractivity contribution in [3.05, 3.63) is 16.1 Å². The molecule has 0 unspecified atom stereocenters. The Balaban J connectivity index is 2.09. The van der Waals surface area contributed by atoms with Gasteiger partial charge < -0.3 is 0 Å². The smallest absolute Gasteiger partial charge is 0.0944 e. The normalized spacial score (nSPS) is 22.0. The van der Waals surface area contributed by atoms with Gasteiger partial charge >= 0.3 is 0 Å². The summed E-state index contributed by atoms with van der Waals surface area (Å²) < 4.78 is 0. The molecule has 0 N–H and O–H groups in total. The number of hydrogen-bond donors (Lipinski definition) is 0. The van der Waals surface area contributed by atoms with Crippen LogP contribution in [0, 0.1) is 29.1 Å². The third kappa shape index (κ3) is 2.87. The predicted octanol–water partition coefficient (Wildman–Crippen LogP) is 4.10. The topological polar surface area (TPSA) is 36.7 Å². The Labute approximate surface area is 108 Å². The highest BCUT2D eigenvalue weighted by Gasteiger charge is 2.39. The van der Waals surface area contributed by atoms with Crippen LogP contribution in [0.3, 0.4) is 0 Å². The lowest BCUT2D eigenvalue weighted by molar-refractivity contribution is 0.146. The van der Waals surface area contributed by atoms with Crippen LogP contribution in [0.4, 0.5) is 0 Å². The molecular formula is C14H20N2S. The van der Waals surface area contributed by atoms with Crippen molar-refractivity contribution in [2.45, 2.75) is 52.9 Å². The van der Waals surface area contributed by atoms with Crippen LogP contribution in [0.25, 0.3) is 0 Å². The van der Waals surface area contributed by atoms with Gasteiger partial charge in [-0.1, -0.05) is 13.8 Å². The molecule has 0 aliphatic heterocycles. The van der Waals surface area contributed by atoms with E-state index < -0.39 is 0 Å². The second-order valence-corrected chi connectivity index (χ2v) is 7.06. The molecule has 0 amide bonds. The van der Waals surface area contributed by atoms with Gasteiger partial charge in [-0.25, -0.2) is 4.98 Å². The molecule has 0 aromatic carbocycles. The molecule has 0 bridgehead atoms. The molecule has 1 aliphatic rings. The van der Waals surface area contributed by atoms with Crippen molar-refractivity contribution >= 4 is 11.3 Å². The van der Waals surface area contributed by atoms with E-state index >= 15 is 0 Å². The first-order valence-electron chi connectivity index (χ1n) is 6.27. The minimum absolute atomic E-state index is 0.153. The van der Waals surface area contributed by atoms with E-state index in [2.05, 4.69) is 30.3 Å². The fraction of sp³-hybridized carbons (Fsp3) is 0.714. The minimum atomic E-state index is -0.153. The number of thiazole rings is 1. The number of hydrogen-bond acceptors (Lipinski definition) is 3. The first-order chi connectivity index (χ1) is 7.95. The van der Waals surface area contributed by atoms with Crippen molar-refractivity contribution in [3.8, 4) is 6.07 Å². The van der Waals surface area contributed by atoms with E-state index in [0.717, 1.165) is 42.8 Å². The molecule has 1 saturated carbocycles. The molecule has 2 nitrogen and oxygen atoms in total. The first-order valence-corrected chi connectivity index (χ1v) is 7.15. The third-order valence-electron chi connectivity index (χ3n) is 3.95. The number of rotatable bonds is 2. The Morgan fingerprint density at radius 2 is 2.00 bits per heavy atom. The van der Waals surface area contributed by atoms with E-state index in [-0.39, 0.29) is 5.41 Å². The van der Waals surface area contributed by atoms with Gasteiger partial charge in [-0.3, -0.25) is 0 Å². The molecule has 17 heavy (non-hydrogen) atoms. The molecule has 0 radical (unpaired) electrons. The maximum atomic E-state index is 9.51. The fourth-order valence-corrected chi connectivity index (χ4v) is 3.42. The quantitative estimate of drug-likeness (QED) is 0.790. The van der Waals surface area contributed by atoms with E-state index in [0.29, 0.717) is 5.41 Å². The van der Waals surface area contributed by atoms with Crippen molar-refractivity contribution in [1.82, 2.24) is 4.98 Å². The van der Waals surface area contributed by atoms with Gasteiger partial charge in [0.1, 0.15) is 0 Å². The average Bonchev–Trinajstić information content (AvgIpc) is 2.68. The molecule has 3 heteroatoms. The van der Waals surface area contributed by atoms with Gasteiger partial charge in [0.2, 0.25) is 0 Å². The van der Waals surface area contributed by atoms with E-state index in [1.54, 1.807) is 11.3 Å². The van der Waals surface area contributed by atoms with Crippen molar-refractivity contribution in [2.24, 2.45) is 10.8 Å². The first kappa shape index (κ1) is 12.6. The summed E-state index contributed by atoms with van der Waals surface area (Å²) in [6.07, 6.45) is 5.21. The molecule has 0 atom stereocenters. The van der Waals surface area contributed by atoms with Crippen LogP contribution >= 0.6 is 11.3 Å². The number of aromatic nitrogens is 1.